The molecule has 2 aromatic carbocycles. The first kappa shape index (κ1) is 18.7. The van der Waals surface area contributed by atoms with Gasteiger partial charge in [-0.1, -0.05) is 30.7 Å². The van der Waals surface area contributed by atoms with Crippen LogP contribution in [-0.4, -0.2) is 15.6 Å². The van der Waals surface area contributed by atoms with Crippen LogP contribution in [0.3, 0.4) is 0 Å². The Hall–Kier alpha value is -2.05. The molecule has 3 rings (SSSR count). The number of alkyl halides is 3. The van der Waals surface area contributed by atoms with Gasteiger partial charge in [0.25, 0.3) is 0 Å². The van der Waals surface area contributed by atoms with Gasteiger partial charge < -0.3 is 5.73 Å². The second-order valence-corrected chi connectivity index (χ2v) is 6.79. The molecular formula is C19H19ClF3N3. The molecule has 0 radical (unpaired) electrons. The van der Waals surface area contributed by atoms with Gasteiger partial charge in [-0.25, -0.2) is 4.98 Å². The fourth-order valence-electron chi connectivity index (χ4n) is 3.04. The molecule has 0 saturated heterocycles. The van der Waals surface area contributed by atoms with Gasteiger partial charge in [0, 0.05) is 18.2 Å². The largest absolute Gasteiger partial charge is 0.417 e. The molecule has 0 fully saturated rings. The molecule has 2 N–H and O–H groups in total. The van der Waals surface area contributed by atoms with E-state index in [1.165, 1.54) is 6.07 Å². The summed E-state index contributed by atoms with van der Waals surface area (Å²) in [5.74, 6) is 0.676. The average molecular weight is 382 g/mol. The quantitative estimate of drug-likeness (QED) is 0.679. The molecule has 0 amide bonds. The van der Waals surface area contributed by atoms with E-state index in [4.69, 9.17) is 17.3 Å². The smallest absolute Gasteiger partial charge is 0.328 e. The Bertz CT molecular complexity index is 928. The Kier molecular flexibility index (Phi) is 4.99. The van der Waals surface area contributed by atoms with Crippen molar-refractivity contribution in [3.8, 4) is 5.69 Å². The number of nitrogens with zero attached hydrogens (tertiary/aromatic N) is 2. The van der Waals surface area contributed by atoms with Crippen LogP contribution in [-0.2, 0) is 19.0 Å². The molecule has 0 saturated carbocycles. The van der Waals surface area contributed by atoms with Crippen molar-refractivity contribution >= 4 is 22.6 Å². The molecule has 1 heterocycles. The second kappa shape index (κ2) is 6.93. The monoisotopic (exact) mass is 381 g/mol. The maximum Gasteiger partial charge on any atom is 0.417 e. The molecule has 0 unspecified atom stereocenters. The minimum atomic E-state index is -4.51. The summed E-state index contributed by atoms with van der Waals surface area (Å²) in [6.07, 6.45) is -3.18. The van der Waals surface area contributed by atoms with Crippen molar-refractivity contribution in [2.45, 2.75) is 38.9 Å². The fourth-order valence-corrected chi connectivity index (χ4v) is 3.31. The summed E-state index contributed by atoms with van der Waals surface area (Å²) < 4.78 is 41.2. The summed E-state index contributed by atoms with van der Waals surface area (Å²) in [5, 5.41) is -0.331. The minimum Gasteiger partial charge on any atom is -0.328 e. The number of hydrogen-bond donors (Lipinski definition) is 1. The molecule has 1 atom stereocenters. The van der Waals surface area contributed by atoms with Crippen LogP contribution in [0.2, 0.25) is 5.02 Å². The number of imidazole rings is 1. The number of rotatable bonds is 4. The van der Waals surface area contributed by atoms with Crippen molar-refractivity contribution in [2.24, 2.45) is 5.73 Å². The fraction of sp³-hybridized carbons (Fsp3) is 0.316. The predicted octanol–water partition coefficient (Wildman–Crippen LogP) is 5.15. The molecule has 3 aromatic rings. The Morgan fingerprint density at radius 2 is 1.85 bits per heavy atom. The number of benzene rings is 2. The summed E-state index contributed by atoms with van der Waals surface area (Å²) >= 11 is 5.91. The van der Waals surface area contributed by atoms with E-state index in [0.717, 1.165) is 23.7 Å². The number of aryl methyl sites for hydroxylation is 1. The Morgan fingerprint density at radius 1 is 1.19 bits per heavy atom. The van der Waals surface area contributed by atoms with Crippen molar-refractivity contribution in [3.63, 3.8) is 0 Å². The maximum absolute atomic E-state index is 13.1. The molecule has 26 heavy (non-hydrogen) atoms. The minimum absolute atomic E-state index is 0.0562. The summed E-state index contributed by atoms with van der Waals surface area (Å²) in [4.78, 5) is 4.38. The zero-order chi connectivity index (χ0) is 19.1. The second-order valence-electron chi connectivity index (χ2n) is 6.38. The van der Waals surface area contributed by atoms with Gasteiger partial charge >= 0.3 is 6.18 Å². The van der Waals surface area contributed by atoms with Gasteiger partial charge in [0.05, 0.1) is 21.6 Å². The Labute approximate surface area is 154 Å². The van der Waals surface area contributed by atoms with Gasteiger partial charge in [-0.3, -0.25) is 4.57 Å². The molecule has 0 aliphatic heterocycles. The lowest BCUT2D eigenvalue weighted by molar-refractivity contribution is -0.137. The van der Waals surface area contributed by atoms with Crippen LogP contribution in [0.25, 0.3) is 16.7 Å². The number of fused-ring (bicyclic) bond motifs is 1. The lowest BCUT2D eigenvalue weighted by atomic mass is 10.1. The molecule has 1 aromatic heterocycles. The van der Waals surface area contributed by atoms with Gasteiger partial charge in [0.1, 0.15) is 5.82 Å². The highest BCUT2D eigenvalue weighted by atomic mass is 35.5. The summed E-state index contributed by atoms with van der Waals surface area (Å²) in [6.45, 7) is 3.85. The molecule has 3 nitrogen and oxygen atoms in total. The van der Waals surface area contributed by atoms with E-state index < -0.39 is 11.7 Å². The Balaban J connectivity index is 2.14. The highest BCUT2D eigenvalue weighted by molar-refractivity contribution is 6.32. The number of aromatic nitrogens is 2. The van der Waals surface area contributed by atoms with E-state index in [9.17, 15) is 13.2 Å². The maximum atomic E-state index is 13.1. The summed E-state index contributed by atoms with van der Waals surface area (Å²) in [6, 6.07) is 10.2. The van der Waals surface area contributed by atoms with Crippen LogP contribution < -0.4 is 5.73 Å². The normalized spacial score (nSPS) is 13.3. The van der Waals surface area contributed by atoms with E-state index in [0.29, 0.717) is 17.8 Å². The van der Waals surface area contributed by atoms with Crippen molar-refractivity contribution in [2.75, 3.05) is 0 Å². The van der Waals surface area contributed by atoms with Crippen LogP contribution >= 0.6 is 11.6 Å². The van der Waals surface area contributed by atoms with Gasteiger partial charge in [-0.2, -0.15) is 13.2 Å². The van der Waals surface area contributed by atoms with Gasteiger partial charge in [-0.15, -0.1) is 0 Å². The molecule has 0 bridgehead atoms. The summed E-state index contributed by atoms with van der Waals surface area (Å²) in [5.41, 5.74) is 7.71. The van der Waals surface area contributed by atoms with E-state index in [1.807, 2.05) is 42.7 Å². The first-order valence-corrected chi connectivity index (χ1v) is 8.71. The van der Waals surface area contributed by atoms with Crippen LogP contribution in [0.5, 0.6) is 0 Å². The Morgan fingerprint density at radius 3 is 2.38 bits per heavy atom. The van der Waals surface area contributed by atoms with Crippen LogP contribution in [0.1, 0.15) is 30.8 Å². The summed E-state index contributed by atoms with van der Waals surface area (Å²) in [7, 11) is 0. The van der Waals surface area contributed by atoms with Crippen molar-refractivity contribution in [3.05, 3.63) is 58.4 Å². The van der Waals surface area contributed by atoms with Crippen LogP contribution in [0, 0.1) is 0 Å². The van der Waals surface area contributed by atoms with E-state index in [2.05, 4.69) is 4.98 Å². The zero-order valence-electron chi connectivity index (χ0n) is 14.4. The third-order valence-electron chi connectivity index (χ3n) is 4.19. The first-order valence-electron chi connectivity index (χ1n) is 8.33. The predicted molar refractivity (Wildman–Crippen MR) is 97.8 cm³/mol. The van der Waals surface area contributed by atoms with Gasteiger partial charge in [0.15, 0.2) is 0 Å². The van der Waals surface area contributed by atoms with Gasteiger partial charge in [-0.05, 0) is 43.2 Å². The number of hydrogen-bond acceptors (Lipinski definition) is 2. The van der Waals surface area contributed by atoms with Crippen LogP contribution in [0.4, 0.5) is 13.2 Å². The number of nitrogens with two attached hydrogens (primary N) is 1. The number of halogens is 4. The SMILES string of the molecule is CCc1nc2cc(C(F)(F)F)c(Cl)cc2n1-c1ccc(C[C@@H](C)N)cc1. The standard InChI is InChI=1S/C19H19ClF3N3/c1-3-18-25-16-9-14(19(21,22)23)15(20)10-17(16)26(18)13-6-4-12(5-7-13)8-11(2)24/h4-7,9-11H,3,8,24H2,1-2H3/t11-/m1/s1. The molecule has 138 valence electrons. The van der Waals surface area contributed by atoms with E-state index >= 15 is 0 Å². The zero-order valence-corrected chi connectivity index (χ0v) is 15.2. The van der Waals surface area contributed by atoms with Crippen molar-refractivity contribution in [1.82, 2.24) is 9.55 Å². The first-order chi connectivity index (χ1) is 12.2. The molecule has 0 aliphatic carbocycles. The lowest BCUT2D eigenvalue weighted by Gasteiger charge is -2.12. The molecular weight excluding hydrogens is 363 g/mol. The van der Waals surface area contributed by atoms with E-state index in [-0.39, 0.29) is 16.6 Å². The molecule has 7 heteroatoms. The van der Waals surface area contributed by atoms with Gasteiger partial charge in [0.2, 0.25) is 0 Å². The topological polar surface area (TPSA) is 43.8 Å². The molecule has 0 aliphatic rings. The highest BCUT2D eigenvalue weighted by Crippen LogP contribution is 2.37. The molecule has 0 spiro atoms. The van der Waals surface area contributed by atoms with Crippen LogP contribution in [0.15, 0.2) is 36.4 Å². The van der Waals surface area contributed by atoms with E-state index in [1.54, 1.807) is 0 Å². The highest BCUT2D eigenvalue weighted by Gasteiger charge is 2.34. The van der Waals surface area contributed by atoms with Crippen molar-refractivity contribution in [1.29, 1.82) is 0 Å². The third kappa shape index (κ3) is 3.57. The average Bonchev–Trinajstić information content (AvgIpc) is 2.91. The third-order valence-corrected chi connectivity index (χ3v) is 4.50. The van der Waals surface area contributed by atoms with Crippen molar-refractivity contribution < 1.29 is 13.2 Å². The lowest BCUT2D eigenvalue weighted by Crippen LogP contribution is -2.17.